The molecule has 7 heteroatoms. The second kappa shape index (κ2) is 7.72. The van der Waals surface area contributed by atoms with Gasteiger partial charge in [0, 0.05) is 29.9 Å². The number of hydrogen-bond acceptors (Lipinski definition) is 5. The summed E-state index contributed by atoms with van der Waals surface area (Å²) in [5.41, 5.74) is 5.23. The summed E-state index contributed by atoms with van der Waals surface area (Å²) >= 11 is 0. The number of amides is 1. The number of H-pyrrole nitrogens is 1. The maximum atomic E-state index is 12.4. The molecule has 0 spiro atoms. The molecule has 1 amide bonds. The Labute approximate surface area is 162 Å². The molecule has 0 saturated carbocycles. The van der Waals surface area contributed by atoms with Crippen molar-refractivity contribution < 1.29 is 4.79 Å². The number of benzene rings is 1. The zero-order valence-corrected chi connectivity index (χ0v) is 15.7. The average Bonchev–Trinajstić information content (AvgIpc) is 3.17. The fourth-order valence-electron chi connectivity index (χ4n) is 3.51. The van der Waals surface area contributed by atoms with E-state index in [0.29, 0.717) is 24.2 Å². The number of nitrogens with zero attached hydrogens (tertiary/aromatic N) is 3. The lowest BCUT2D eigenvalue weighted by Gasteiger charge is -2.08. The molecule has 1 aliphatic rings. The van der Waals surface area contributed by atoms with Crippen LogP contribution < -0.4 is 10.9 Å². The van der Waals surface area contributed by atoms with Gasteiger partial charge >= 0.3 is 0 Å². The maximum absolute atomic E-state index is 12.4. The van der Waals surface area contributed by atoms with Gasteiger partial charge in [-0.3, -0.25) is 14.6 Å². The van der Waals surface area contributed by atoms with Crippen molar-refractivity contribution in [2.75, 3.05) is 6.54 Å². The second-order valence-corrected chi connectivity index (χ2v) is 6.90. The molecule has 0 radical (unpaired) electrons. The van der Waals surface area contributed by atoms with Crippen molar-refractivity contribution in [1.29, 1.82) is 0 Å². The summed E-state index contributed by atoms with van der Waals surface area (Å²) in [4.78, 5) is 39.5. The van der Waals surface area contributed by atoms with Crippen molar-refractivity contribution in [2.45, 2.75) is 32.6 Å². The van der Waals surface area contributed by atoms with E-state index in [-0.39, 0.29) is 11.5 Å². The maximum Gasteiger partial charge on any atom is 0.266 e. The number of nitrogens with one attached hydrogen (secondary N) is 2. The highest BCUT2D eigenvalue weighted by Gasteiger charge is 2.17. The van der Waals surface area contributed by atoms with Gasteiger partial charge < -0.3 is 10.3 Å². The highest BCUT2D eigenvalue weighted by atomic mass is 16.1. The number of fused-ring (bicyclic) bond motifs is 1. The summed E-state index contributed by atoms with van der Waals surface area (Å²) < 4.78 is 0. The first-order chi connectivity index (χ1) is 13.6. The summed E-state index contributed by atoms with van der Waals surface area (Å²) in [6.45, 7) is 2.51. The molecule has 2 aromatic heterocycles. The molecule has 2 heterocycles. The number of carbonyl (C=O) groups is 1. The lowest BCUT2D eigenvalue weighted by atomic mass is 10.1. The van der Waals surface area contributed by atoms with Gasteiger partial charge in [0.05, 0.1) is 18.1 Å². The molecule has 4 rings (SSSR count). The number of carbonyl (C=O) groups excluding carboxylic acids is 1. The summed E-state index contributed by atoms with van der Waals surface area (Å²) in [5, 5.41) is 2.91. The molecule has 3 aromatic rings. The van der Waals surface area contributed by atoms with Crippen molar-refractivity contribution in [3.63, 3.8) is 0 Å². The van der Waals surface area contributed by atoms with Gasteiger partial charge in [0.1, 0.15) is 5.82 Å². The van der Waals surface area contributed by atoms with Gasteiger partial charge in [0.2, 0.25) is 0 Å². The van der Waals surface area contributed by atoms with Crippen molar-refractivity contribution in [2.24, 2.45) is 0 Å². The molecular weight excluding hydrogens is 354 g/mol. The Kier molecular flexibility index (Phi) is 4.97. The number of rotatable bonds is 5. The van der Waals surface area contributed by atoms with Crippen LogP contribution in [-0.4, -0.2) is 32.4 Å². The first-order valence-electron chi connectivity index (χ1n) is 9.38. The summed E-state index contributed by atoms with van der Waals surface area (Å²) in [6.07, 6.45) is 6.64. The van der Waals surface area contributed by atoms with E-state index < -0.39 is 0 Å². The van der Waals surface area contributed by atoms with Gasteiger partial charge in [-0.05, 0) is 49.4 Å². The number of hydrogen-bond donors (Lipinski definition) is 2. The zero-order valence-electron chi connectivity index (χ0n) is 15.7. The predicted octanol–water partition coefficient (Wildman–Crippen LogP) is 2.00. The standard InChI is InChI=1S/C21H21N5O2/c1-13-16-3-2-4-17(16)25-19(24-13)9-10-23-21(28)15-7-5-14(6-8-15)18-11-22-12-20(27)26-18/h5-8,11-12H,2-4,9-10H2,1H3,(H,23,28)(H,26,27). The molecule has 0 fully saturated rings. The quantitative estimate of drug-likeness (QED) is 0.710. The number of aryl methyl sites for hydroxylation is 2. The molecule has 28 heavy (non-hydrogen) atoms. The lowest BCUT2D eigenvalue weighted by molar-refractivity contribution is 0.0954. The van der Waals surface area contributed by atoms with Crippen LogP contribution in [0.25, 0.3) is 11.3 Å². The topological polar surface area (TPSA) is 101 Å². The van der Waals surface area contributed by atoms with E-state index in [1.807, 2.05) is 6.92 Å². The van der Waals surface area contributed by atoms with Crippen LogP contribution in [0.5, 0.6) is 0 Å². The first kappa shape index (κ1) is 18.0. The Bertz CT molecular complexity index is 1070. The van der Waals surface area contributed by atoms with Crippen LogP contribution in [0, 0.1) is 6.92 Å². The summed E-state index contributed by atoms with van der Waals surface area (Å²) in [6, 6.07) is 7.03. The van der Waals surface area contributed by atoms with Crippen molar-refractivity contribution in [3.05, 3.63) is 75.4 Å². The Morgan fingerprint density at radius 2 is 1.96 bits per heavy atom. The van der Waals surface area contributed by atoms with E-state index in [1.54, 1.807) is 30.5 Å². The third kappa shape index (κ3) is 3.83. The normalized spacial score (nSPS) is 12.6. The molecule has 0 unspecified atom stereocenters. The molecule has 7 nitrogen and oxygen atoms in total. The van der Waals surface area contributed by atoms with E-state index in [0.717, 1.165) is 42.0 Å². The molecule has 1 aromatic carbocycles. The summed E-state index contributed by atoms with van der Waals surface area (Å²) in [7, 11) is 0. The minimum atomic E-state index is -0.261. The molecule has 142 valence electrons. The second-order valence-electron chi connectivity index (χ2n) is 6.90. The molecule has 0 aliphatic heterocycles. The van der Waals surface area contributed by atoms with E-state index in [4.69, 9.17) is 0 Å². The molecular formula is C21H21N5O2. The van der Waals surface area contributed by atoms with Crippen molar-refractivity contribution >= 4 is 5.91 Å². The Morgan fingerprint density at radius 3 is 2.75 bits per heavy atom. The number of aromatic nitrogens is 4. The van der Waals surface area contributed by atoms with Gasteiger partial charge in [-0.1, -0.05) is 12.1 Å². The van der Waals surface area contributed by atoms with Crippen LogP contribution in [0.2, 0.25) is 0 Å². The van der Waals surface area contributed by atoms with Gasteiger partial charge in [-0.2, -0.15) is 0 Å². The van der Waals surface area contributed by atoms with Gasteiger partial charge in [-0.25, -0.2) is 9.97 Å². The van der Waals surface area contributed by atoms with Gasteiger partial charge in [0.15, 0.2) is 0 Å². The fourth-order valence-corrected chi connectivity index (χ4v) is 3.51. The average molecular weight is 375 g/mol. The van der Waals surface area contributed by atoms with Crippen LogP contribution in [0.3, 0.4) is 0 Å². The molecule has 1 aliphatic carbocycles. The van der Waals surface area contributed by atoms with E-state index >= 15 is 0 Å². The van der Waals surface area contributed by atoms with Crippen molar-refractivity contribution in [3.8, 4) is 11.3 Å². The van der Waals surface area contributed by atoms with Crippen LogP contribution in [0.15, 0.2) is 41.5 Å². The third-order valence-electron chi connectivity index (χ3n) is 4.93. The molecule has 0 bridgehead atoms. The summed E-state index contributed by atoms with van der Waals surface area (Å²) in [5.74, 6) is 0.637. The van der Waals surface area contributed by atoms with Crippen LogP contribution in [0.1, 0.15) is 39.6 Å². The minimum absolute atomic E-state index is 0.149. The number of aromatic amines is 1. The van der Waals surface area contributed by atoms with Crippen molar-refractivity contribution in [1.82, 2.24) is 25.3 Å². The smallest absolute Gasteiger partial charge is 0.266 e. The SMILES string of the molecule is Cc1nc(CCNC(=O)c2ccc(-c3cncc(=O)[nH]3)cc2)nc2c1CCC2. The van der Waals surface area contributed by atoms with Gasteiger partial charge in [0.25, 0.3) is 11.5 Å². The van der Waals surface area contributed by atoms with E-state index in [9.17, 15) is 9.59 Å². The van der Waals surface area contributed by atoms with E-state index in [1.165, 1.54) is 11.8 Å². The van der Waals surface area contributed by atoms with E-state index in [2.05, 4.69) is 25.3 Å². The Morgan fingerprint density at radius 1 is 1.14 bits per heavy atom. The molecule has 2 N–H and O–H groups in total. The highest BCUT2D eigenvalue weighted by Crippen LogP contribution is 2.22. The first-order valence-corrected chi connectivity index (χ1v) is 9.38. The Hall–Kier alpha value is -3.35. The lowest BCUT2D eigenvalue weighted by Crippen LogP contribution is -2.26. The van der Waals surface area contributed by atoms with Crippen LogP contribution >= 0.6 is 0 Å². The molecule has 0 atom stereocenters. The largest absolute Gasteiger partial charge is 0.352 e. The molecule has 0 saturated heterocycles. The fraction of sp³-hybridized carbons (Fsp3) is 0.286. The predicted molar refractivity (Wildman–Crippen MR) is 105 cm³/mol. The third-order valence-corrected chi connectivity index (χ3v) is 4.93. The minimum Gasteiger partial charge on any atom is -0.352 e. The van der Waals surface area contributed by atoms with Gasteiger partial charge in [-0.15, -0.1) is 0 Å². The zero-order chi connectivity index (χ0) is 19.5. The monoisotopic (exact) mass is 375 g/mol. The Balaban J connectivity index is 1.36. The van der Waals surface area contributed by atoms with Crippen LogP contribution in [0.4, 0.5) is 0 Å². The highest BCUT2D eigenvalue weighted by molar-refractivity contribution is 5.94. The van der Waals surface area contributed by atoms with Crippen LogP contribution in [-0.2, 0) is 19.3 Å².